The van der Waals surface area contributed by atoms with Crippen molar-refractivity contribution in [3.05, 3.63) is 60.2 Å². The lowest BCUT2D eigenvalue weighted by Crippen LogP contribution is -2.37. The molecular weight excluding hydrogens is 404 g/mol. The molecule has 0 aliphatic carbocycles. The van der Waals surface area contributed by atoms with E-state index in [1.165, 1.54) is 0 Å². The smallest absolute Gasteiger partial charge is 0.186 e. The molecule has 2 aromatic rings. The number of thiocarbonyl (C=S) groups is 2. The molecule has 0 aromatic carbocycles. The molecule has 0 amide bonds. The Kier molecular flexibility index (Phi) is 9.60. The summed E-state index contributed by atoms with van der Waals surface area (Å²) in [6, 6.07) is 11.3. The van der Waals surface area contributed by atoms with E-state index in [0.29, 0.717) is 23.3 Å². The van der Waals surface area contributed by atoms with Crippen LogP contribution in [-0.4, -0.2) is 44.7 Å². The summed E-state index contributed by atoms with van der Waals surface area (Å²) < 4.78 is 0. The second-order valence-electron chi connectivity index (χ2n) is 5.91. The Labute approximate surface area is 181 Å². The van der Waals surface area contributed by atoms with Crippen molar-refractivity contribution in [2.45, 2.75) is 20.3 Å². The quantitative estimate of drug-likeness (QED) is 0.219. The number of hydrazone groups is 2. The summed E-state index contributed by atoms with van der Waals surface area (Å²) in [5.74, 6) is 0. The number of pyridine rings is 2. The van der Waals surface area contributed by atoms with Gasteiger partial charge in [0, 0.05) is 25.5 Å². The fourth-order valence-electron chi connectivity index (χ4n) is 2.11. The van der Waals surface area contributed by atoms with Gasteiger partial charge in [0.25, 0.3) is 0 Å². The number of hydrogen-bond acceptors (Lipinski definition) is 6. The van der Waals surface area contributed by atoms with Crippen LogP contribution in [0.2, 0.25) is 0 Å². The van der Waals surface area contributed by atoms with Gasteiger partial charge >= 0.3 is 0 Å². The fraction of sp³-hybridized carbons (Fsp3) is 0.263. The summed E-state index contributed by atoms with van der Waals surface area (Å²) >= 11 is 10.4. The standard InChI is InChI=1S/C19H24N8S2/c1-14(16-8-3-5-10-20-16)24-26-18(28)22-12-7-13-23-19(29)27-25-15(2)17-9-4-6-11-21-17/h3-6,8-11H,7,12-13H2,1-2H3,(H2,22,26,28)(H2,23,27,29). The highest BCUT2D eigenvalue weighted by Gasteiger charge is 2.00. The van der Waals surface area contributed by atoms with E-state index in [1.807, 2.05) is 50.2 Å². The Bertz CT molecular complexity index is 782. The van der Waals surface area contributed by atoms with Crippen LogP contribution in [0.25, 0.3) is 0 Å². The summed E-state index contributed by atoms with van der Waals surface area (Å²) in [5.41, 5.74) is 8.75. The maximum absolute atomic E-state index is 5.21. The Morgan fingerprint density at radius 2 is 1.24 bits per heavy atom. The van der Waals surface area contributed by atoms with E-state index >= 15 is 0 Å². The van der Waals surface area contributed by atoms with Gasteiger partial charge in [-0.2, -0.15) is 10.2 Å². The topological polar surface area (TPSA) is 98.6 Å². The SMILES string of the molecule is CC(=NNC(=S)NCCCNC(=S)NN=C(C)c1ccccn1)c1ccccn1. The largest absolute Gasteiger partial charge is 0.361 e. The molecule has 4 N–H and O–H groups in total. The molecule has 10 heteroatoms. The van der Waals surface area contributed by atoms with E-state index in [2.05, 4.69) is 41.7 Å². The molecule has 0 saturated heterocycles. The first-order valence-corrected chi connectivity index (χ1v) is 9.87. The van der Waals surface area contributed by atoms with Gasteiger partial charge < -0.3 is 10.6 Å². The van der Waals surface area contributed by atoms with Gasteiger partial charge in [0.05, 0.1) is 22.8 Å². The molecule has 0 bridgehead atoms. The molecule has 0 unspecified atom stereocenters. The van der Waals surface area contributed by atoms with Gasteiger partial charge in [0.1, 0.15) is 0 Å². The molecule has 152 valence electrons. The van der Waals surface area contributed by atoms with Gasteiger partial charge in [-0.1, -0.05) is 12.1 Å². The second kappa shape index (κ2) is 12.5. The molecule has 0 radical (unpaired) electrons. The lowest BCUT2D eigenvalue weighted by molar-refractivity contribution is 0.727. The summed E-state index contributed by atoms with van der Waals surface area (Å²) in [4.78, 5) is 8.46. The van der Waals surface area contributed by atoms with Crippen LogP contribution in [0, 0.1) is 0 Å². The third kappa shape index (κ3) is 8.71. The molecular formula is C19H24N8S2. The number of nitrogens with one attached hydrogen (secondary N) is 4. The first-order valence-electron chi connectivity index (χ1n) is 9.05. The minimum absolute atomic E-state index is 0.455. The fourth-order valence-corrected chi connectivity index (χ4v) is 2.40. The van der Waals surface area contributed by atoms with Crippen molar-refractivity contribution in [3.8, 4) is 0 Å². The van der Waals surface area contributed by atoms with Crippen molar-refractivity contribution >= 4 is 46.1 Å². The second-order valence-corrected chi connectivity index (χ2v) is 6.73. The summed E-state index contributed by atoms with van der Waals surface area (Å²) in [5, 5.41) is 15.5. The number of nitrogens with zero attached hydrogens (tertiary/aromatic N) is 4. The van der Waals surface area contributed by atoms with Crippen molar-refractivity contribution in [1.29, 1.82) is 0 Å². The zero-order chi connectivity index (χ0) is 20.9. The Morgan fingerprint density at radius 1 is 0.793 bits per heavy atom. The zero-order valence-corrected chi connectivity index (χ0v) is 18.0. The number of rotatable bonds is 8. The first kappa shape index (κ1) is 22.3. The van der Waals surface area contributed by atoms with Gasteiger partial charge in [0.15, 0.2) is 10.2 Å². The lowest BCUT2D eigenvalue weighted by Gasteiger charge is -2.10. The molecule has 2 aromatic heterocycles. The first-order chi connectivity index (χ1) is 14.1. The Hall–Kier alpha value is -2.98. The lowest BCUT2D eigenvalue weighted by atomic mass is 10.3. The van der Waals surface area contributed by atoms with Crippen LogP contribution in [0.15, 0.2) is 59.0 Å². The summed E-state index contributed by atoms with van der Waals surface area (Å²) in [6.45, 7) is 5.09. The maximum Gasteiger partial charge on any atom is 0.186 e. The predicted octanol–water partition coefficient (Wildman–Crippen LogP) is 1.94. The monoisotopic (exact) mass is 428 g/mol. The molecule has 0 aliphatic rings. The van der Waals surface area contributed by atoms with Gasteiger partial charge in [-0.25, -0.2) is 0 Å². The average Bonchev–Trinajstić information content (AvgIpc) is 2.76. The molecule has 2 heterocycles. The molecule has 8 nitrogen and oxygen atoms in total. The summed E-state index contributed by atoms with van der Waals surface area (Å²) in [7, 11) is 0. The zero-order valence-electron chi connectivity index (χ0n) is 16.3. The van der Waals surface area contributed by atoms with Crippen LogP contribution in [0.5, 0.6) is 0 Å². The molecule has 0 saturated carbocycles. The van der Waals surface area contributed by atoms with E-state index < -0.39 is 0 Å². The Morgan fingerprint density at radius 3 is 1.62 bits per heavy atom. The van der Waals surface area contributed by atoms with Crippen molar-refractivity contribution < 1.29 is 0 Å². The molecule has 2 rings (SSSR count). The van der Waals surface area contributed by atoms with Crippen molar-refractivity contribution in [2.24, 2.45) is 10.2 Å². The van der Waals surface area contributed by atoms with E-state index in [9.17, 15) is 0 Å². The minimum Gasteiger partial charge on any atom is -0.361 e. The molecule has 0 aliphatic heterocycles. The highest BCUT2D eigenvalue weighted by atomic mass is 32.1. The van der Waals surface area contributed by atoms with Crippen LogP contribution < -0.4 is 21.5 Å². The third-order valence-corrected chi connectivity index (χ3v) is 4.12. The third-order valence-electron chi connectivity index (χ3n) is 3.65. The highest BCUT2D eigenvalue weighted by molar-refractivity contribution is 7.80. The van der Waals surface area contributed by atoms with Crippen LogP contribution in [0.3, 0.4) is 0 Å². The minimum atomic E-state index is 0.455. The molecule has 29 heavy (non-hydrogen) atoms. The normalized spacial score (nSPS) is 11.5. The number of hydrogen-bond donors (Lipinski definition) is 4. The van der Waals surface area contributed by atoms with E-state index in [0.717, 1.165) is 29.2 Å². The van der Waals surface area contributed by atoms with Crippen LogP contribution in [0.1, 0.15) is 31.7 Å². The summed E-state index contributed by atoms with van der Waals surface area (Å²) in [6.07, 6.45) is 4.26. The maximum atomic E-state index is 5.21. The van der Waals surface area contributed by atoms with Crippen molar-refractivity contribution in [3.63, 3.8) is 0 Å². The average molecular weight is 429 g/mol. The van der Waals surface area contributed by atoms with Gasteiger partial charge in [-0.15, -0.1) is 0 Å². The van der Waals surface area contributed by atoms with Crippen LogP contribution in [0.4, 0.5) is 0 Å². The highest BCUT2D eigenvalue weighted by Crippen LogP contribution is 1.96. The van der Waals surface area contributed by atoms with Crippen molar-refractivity contribution in [1.82, 2.24) is 31.5 Å². The van der Waals surface area contributed by atoms with E-state index in [-0.39, 0.29) is 0 Å². The van der Waals surface area contributed by atoms with Gasteiger partial charge in [-0.3, -0.25) is 20.8 Å². The van der Waals surface area contributed by atoms with Crippen molar-refractivity contribution in [2.75, 3.05) is 13.1 Å². The molecule has 0 atom stereocenters. The van der Waals surface area contributed by atoms with Crippen LogP contribution in [-0.2, 0) is 0 Å². The van der Waals surface area contributed by atoms with E-state index in [1.54, 1.807) is 12.4 Å². The predicted molar refractivity (Wildman–Crippen MR) is 125 cm³/mol. The van der Waals surface area contributed by atoms with Gasteiger partial charge in [-0.05, 0) is 69.0 Å². The van der Waals surface area contributed by atoms with Crippen LogP contribution >= 0.6 is 24.4 Å². The Balaban J connectivity index is 1.59. The number of aromatic nitrogens is 2. The molecule has 0 fully saturated rings. The van der Waals surface area contributed by atoms with Gasteiger partial charge in [0.2, 0.25) is 0 Å². The molecule has 0 spiro atoms. The van der Waals surface area contributed by atoms with E-state index in [4.69, 9.17) is 24.4 Å².